The number of hydrogen-bond acceptors (Lipinski definition) is 24. The van der Waals surface area contributed by atoms with Gasteiger partial charge in [0.1, 0.15) is 0 Å². The topological polar surface area (TPSA) is 397 Å². The number of aliphatic carboxylic acids is 6. The molecule has 0 amide bonds. The predicted molar refractivity (Wildman–Crippen MR) is 153 cm³/mol. The maximum absolute atomic E-state index is 10.1. The van der Waals surface area contributed by atoms with E-state index in [0.717, 1.165) is 64.8 Å². The number of carboxylic acid groups (broad SMARTS) is 6. The van der Waals surface area contributed by atoms with E-state index in [1.807, 2.05) is 0 Å². The third kappa shape index (κ3) is 34.6. The van der Waals surface area contributed by atoms with Crippen molar-refractivity contribution in [2.24, 2.45) is 34.4 Å². The molecule has 0 saturated carbocycles. The van der Waals surface area contributed by atoms with Crippen molar-refractivity contribution in [1.82, 2.24) is 0 Å². The van der Waals surface area contributed by atoms with Gasteiger partial charge in [0.2, 0.25) is 0 Å². The molecule has 44 heavy (non-hydrogen) atoms. The molecule has 256 valence electrons. The van der Waals surface area contributed by atoms with E-state index in [9.17, 15) is 59.4 Å². The summed E-state index contributed by atoms with van der Waals surface area (Å²) in [6.07, 6.45) is 0. The third-order valence-electron chi connectivity index (χ3n) is 3.55. The predicted octanol–water partition coefficient (Wildman–Crippen LogP) is -10.4. The van der Waals surface area contributed by atoms with E-state index in [4.69, 9.17) is 34.4 Å². The van der Waals surface area contributed by atoms with Crippen LogP contribution in [-0.2, 0) is 62.9 Å². The number of nitrogens with two attached hydrogens (primary N) is 6. The second kappa shape index (κ2) is 32.7. The summed E-state index contributed by atoms with van der Waals surface area (Å²) in [5, 5.41) is 60.9. The van der Waals surface area contributed by atoms with Crippen molar-refractivity contribution in [2.45, 2.75) is 36.3 Å². The maximum atomic E-state index is 10.1. The molecular weight excluding hydrogens is 796 g/mol. The van der Waals surface area contributed by atoms with Crippen molar-refractivity contribution >= 4 is 101 Å². The normalized spacial score (nSPS) is 14.0. The quantitative estimate of drug-likeness (QED) is 0.0355. The van der Waals surface area contributed by atoms with Crippen LogP contribution in [0.4, 0.5) is 0 Å². The Hall–Kier alpha value is -0.281. The number of hydrogen-bond donors (Lipinski definition) is 6. The van der Waals surface area contributed by atoms with Crippen LogP contribution in [0.5, 0.6) is 0 Å². The van der Waals surface area contributed by atoms with Gasteiger partial charge in [0.25, 0.3) is 0 Å². The van der Waals surface area contributed by atoms with Crippen molar-refractivity contribution in [2.75, 3.05) is 34.5 Å². The molecule has 0 aromatic rings. The van der Waals surface area contributed by atoms with Crippen LogP contribution < -0.4 is 65.0 Å². The van der Waals surface area contributed by atoms with Gasteiger partial charge in [0.05, 0.1) is 72.1 Å². The van der Waals surface area contributed by atoms with Crippen LogP contribution in [0.25, 0.3) is 0 Å². The largest absolute Gasteiger partial charge is 3.00 e. The maximum Gasteiger partial charge on any atom is 3.00 e. The van der Waals surface area contributed by atoms with Gasteiger partial charge >= 0.3 is 34.1 Å². The molecule has 26 heteroatoms. The number of carbonyl (C=O) groups excluding carboxylic acids is 6. The van der Waals surface area contributed by atoms with Crippen molar-refractivity contribution in [3.8, 4) is 0 Å². The Morgan fingerprint density at radius 1 is 0.341 bits per heavy atom. The van der Waals surface area contributed by atoms with Gasteiger partial charge in [-0.2, -0.15) is 0 Å². The molecule has 3 unspecified atom stereocenters. The van der Waals surface area contributed by atoms with E-state index >= 15 is 0 Å². The number of carboxylic acids is 6. The second-order valence-electron chi connectivity index (χ2n) is 7.26. The molecule has 0 rings (SSSR count). The summed E-state index contributed by atoms with van der Waals surface area (Å²) in [7, 11) is 6.81. The minimum absolute atomic E-state index is 0. The zero-order valence-electron chi connectivity index (χ0n) is 22.2. The van der Waals surface area contributed by atoms with E-state index in [1.54, 1.807) is 0 Å². The molecule has 0 aliphatic rings. The van der Waals surface area contributed by atoms with Crippen LogP contribution in [0.15, 0.2) is 0 Å². The third-order valence-corrected chi connectivity index (χ3v) is 11.0. The smallest absolute Gasteiger partial charge is 0.548 e. The average Bonchev–Trinajstić information content (AvgIpc) is 2.90. The van der Waals surface area contributed by atoms with Crippen molar-refractivity contribution in [3.05, 3.63) is 0 Å². The van der Waals surface area contributed by atoms with Gasteiger partial charge < -0.3 is 93.8 Å². The van der Waals surface area contributed by atoms with Crippen LogP contribution in [0.3, 0.4) is 0 Å². The van der Waals surface area contributed by atoms with Crippen LogP contribution in [0.1, 0.15) is 0 Å². The minimum Gasteiger partial charge on any atom is -0.548 e. The summed E-state index contributed by atoms with van der Waals surface area (Å²) in [4.78, 5) is 60.9. The molecule has 0 aromatic carbocycles. The molecule has 0 aromatic heterocycles. The van der Waals surface area contributed by atoms with Crippen LogP contribution in [0, 0.1) is 0 Å². The molecule has 0 heterocycles. The number of carbonyl (C=O) groups is 6. The Balaban J connectivity index is -0.000000169. The van der Waals surface area contributed by atoms with Crippen molar-refractivity contribution in [1.29, 1.82) is 0 Å². The molecular formula is C18H30Fe2N6O12S6. The summed E-state index contributed by atoms with van der Waals surface area (Å²) in [5.74, 6) is -7.11. The standard InChI is InChI=1S/3C6H12N2O4S2.2Fe/c3*7-3(5(9)10)1-13-14-2-4(8)6(11)12;;/h3*3-4H,1-2,7-8H2,(H,9,10)(H,11,12);;/q;;;2*+3/p-6/t3*3-,4?;;/m000../s1. The van der Waals surface area contributed by atoms with E-state index in [-0.39, 0.29) is 68.7 Å². The Bertz CT molecular complexity index is 692. The van der Waals surface area contributed by atoms with Gasteiger partial charge in [-0.25, -0.2) is 0 Å². The zero-order chi connectivity index (χ0) is 33.4. The summed E-state index contributed by atoms with van der Waals surface area (Å²) in [6, 6.07) is -6.30. The molecule has 0 spiro atoms. The Labute approximate surface area is 297 Å². The first-order valence-corrected chi connectivity index (χ1v) is 18.3. The molecule has 2 radical (unpaired) electrons. The fourth-order valence-electron chi connectivity index (χ4n) is 1.14. The van der Waals surface area contributed by atoms with Crippen molar-refractivity contribution < 1.29 is 93.5 Å². The van der Waals surface area contributed by atoms with E-state index in [2.05, 4.69) is 0 Å². The summed E-state index contributed by atoms with van der Waals surface area (Å²) >= 11 is 0. The average molecular weight is 827 g/mol. The first kappa shape index (κ1) is 53.2. The summed E-state index contributed by atoms with van der Waals surface area (Å²) < 4.78 is 0. The van der Waals surface area contributed by atoms with Gasteiger partial charge in [0, 0.05) is 34.5 Å². The van der Waals surface area contributed by atoms with Gasteiger partial charge in [-0.15, -0.1) is 0 Å². The van der Waals surface area contributed by atoms with E-state index in [1.165, 1.54) is 0 Å². The minimum atomic E-state index is -1.33. The van der Waals surface area contributed by atoms with Gasteiger partial charge in [-0.3, -0.25) is 0 Å². The first-order valence-electron chi connectivity index (χ1n) is 10.9. The second-order valence-corrected chi connectivity index (χ2v) is 14.9. The molecule has 0 bridgehead atoms. The molecule has 0 saturated heterocycles. The molecule has 0 aliphatic carbocycles. The number of rotatable bonds is 21. The summed E-state index contributed by atoms with van der Waals surface area (Å²) in [6.45, 7) is 0. The van der Waals surface area contributed by atoms with Crippen LogP contribution in [-0.4, -0.2) is 107 Å². The monoisotopic (exact) mass is 826 g/mol. The molecule has 12 N–H and O–H groups in total. The Kier molecular flexibility index (Phi) is 39.5. The first-order chi connectivity index (χ1) is 19.3. The van der Waals surface area contributed by atoms with E-state index < -0.39 is 72.1 Å². The summed E-state index contributed by atoms with van der Waals surface area (Å²) in [5.41, 5.74) is 30.8. The van der Waals surface area contributed by atoms with Crippen LogP contribution in [0.2, 0.25) is 0 Å². The van der Waals surface area contributed by atoms with E-state index in [0.29, 0.717) is 0 Å². The fourth-order valence-corrected chi connectivity index (χ4v) is 7.78. The van der Waals surface area contributed by atoms with Crippen molar-refractivity contribution in [3.63, 3.8) is 0 Å². The molecule has 6 atom stereocenters. The fraction of sp³-hybridized carbons (Fsp3) is 0.667. The SMILES string of the molecule is NC(CSSC[C@H](N)C(=O)[O-])C(=O)[O-].NC(CSSC[C@H](N)C(=O)[O-])C(=O)[O-].NC(CSSC[C@H](N)C(=O)[O-])C(=O)[O-].[Fe+3].[Fe+3]. The Morgan fingerprint density at radius 3 is 0.500 bits per heavy atom. The molecule has 0 fully saturated rings. The van der Waals surface area contributed by atoms with Gasteiger partial charge in [-0.1, -0.05) is 64.8 Å². The zero-order valence-corrected chi connectivity index (χ0v) is 29.3. The Morgan fingerprint density at radius 2 is 0.432 bits per heavy atom. The molecule has 18 nitrogen and oxygen atoms in total. The molecule has 0 aliphatic heterocycles. The van der Waals surface area contributed by atoms with Gasteiger partial charge in [0.15, 0.2) is 0 Å². The van der Waals surface area contributed by atoms with Crippen LogP contribution >= 0.6 is 64.8 Å². The van der Waals surface area contributed by atoms with Gasteiger partial charge in [-0.05, 0) is 0 Å².